The van der Waals surface area contributed by atoms with Crippen LogP contribution in [0.15, 0.2) is 16.7 Å². The molecule has 1 unspecified atom stereocenters. The minimum atomic E-state index is -0.168. The highest BCUT2D eigenvalue weighted by Gasteiger charge is 2.20. The summed E-state index contributed by atoms with van der Waals surface area (Å²) in [6.45, 7) is 2.99. The summed E-state index contributed by atoms with van der Waals surface area (Å²) in [5, 5.41) is 9.34. The van der Waals surface area contributed by atoms with Gasteiger partial charge in [0.05, 0.1) is 18.9 Å². The van der Waals surface area contributed by atoms with Crippen molar-refractivity contribution in [1.29, 1.82) is 0 Å². The molecule has 1 aromatic rings. The average molecular weight is 196 g/mol. The monoisotopic (exact) mass is 196 g/mol. The Balaban J connectivity index is 1.90. The van der Waals surface area contributed by atoms with Gasteiger partial charge in [0.2, 0.25) is 0 Å². The second-order valence-electron chi connectivity index (χ2n) is 3.80. The third-order valence-electron chi connectivity index (χ3n) is 2.57. The first-order valence-electron chi connectivity index (χ1n) is 4.94. The zero-order valence-electron chi connectivity index (χ0n) is 8.15. The fourth-order valence-electron chi connectivity index (χ4n) is 1.79. The Bertz CT molecular complexity index is 298. The van der Waals surface area contributed by atoms with E-state index in [0.29, 0.717) is 6.54 Å². The Morgan fingerprint density at radius 2 is 2.50 bits per heavy atom. The molecular weight excluding hydrogens is 180 g/mol. The number of nitrogens with zero attached hydrogens (tertiary/aromatic N) is 1. The third kappa shape index (κ3) is 2.15. The van der Waals surface area contributed by atoms with E-state index < -0.39 is 0 Å². The van der Waals surface area contributed by atoms with Crippen molar-refractivity contribution >= 4 is 0 Å². The van der Waals surface area contributed by atoms with Gasteiger partial charge in [0.1, 0.15) is 5.76 Å². The highest BCUT2D eigenvalue weighted by molar-refractivity contribution is 5.12. The maximum Gasteiger partial charge on any atom is 0.118 e. The first-order chi connectivity index (χ1) is 6.78. The van der Waals surface area contributed by atoms with Crippen LogP contribution < -0.4 is 5.73 Å². The maximum absolute atomic E-state index is 9.34. The zero-order valence-corrected chi connectivity index (χ0v) is 8.15. The van der Waals surface area contributed by atoms with E-state index in [4.69, 9.17) is 10.2 Å². The van der Waals surface area contributed by atoms with Crippen LogP contribution in [0.3, 0.4) is 0 Å². The van der Waals surface area contributed by atoms with Gasteiger partial charge >= 0.3 is 0 Å². The molecule has 14 heavy (non-hydrogen) atoms. The molecule has 1 aliphatic rings. The van der Waals surface area contributed by atoms with Crippen LogP contribution in [0.1, 0.15) is 17.7 Å². The fourth-order valence-corrected chi connectivity index (χ4v) is 1.79. The summed E-state index contributed by atoms with van der Waals surface area (Å²) in [6, 6.07) is 1.98. The molecule has 0 aliphatic carbocycles. The van der Waals surface area contributed by atoms with Gasteiger partial charge in [-0.2, -0.15) is 0 Å². The lowest BCUT2D eigenvalue weighted by molar-refractivity contribution is 0.172. The topological polar surface area (TPSA) is 62.6 Å². The summed E-state index contributed by atoms with van der Waals surface area (Å²) >= 11 is 0. The summed E-state index contributed by atoms with van der Waals surface area (Å²) in [5.74, 6) is 0.930. The molecule has 0 radical (unpaired) electrons. The van der Waals surface area contributed by atoms with Crippen LogP contribution in [0.2, 0.25) is 0 Å². The number of aliphatic hydroxyl groups is 1. The molecule has 0 saturated carbocycles. The van der Waals surface area contributed by atoms with Crippen LogP contribution in [0, 0.1) is 0 Å². The molecule has 1 saturated heterocycles. The molecule has 4 nitrogen and oxygen atoms in total. The molecule has 0 bridgehead atoms. The minimum Gasteiger partial charge on any atom is -0.468 e. The second kappa shape index (κ2) is 4.13. The number of aliphatic hydroxyl groups excluding tert-OH is 1. The molecule has 1 atom stereocenters. The van der Waals surface area contributed by atoms with Crippen molar-refractivity contribution in [2.45, 2.75) is 25.6 Å². The Morgan fingerprint density at radius 1 is 1.64 bits per heavy atom. The third-order valence-corrected chi connectivity index (χ3v) is 2.57. The molecule has 78 valence electrons. The molecule has 1 fully saturated rings. The quantitative estimate of drug-likeness (QED) is 0.730. The van der Waals surface area contributed by atoms with Crippen molar-refractivity contribution in [3.63, 3.8) is 0 Å². The highest BCUT2D eigenvalue weighted by Crippen LogP contribution is 2.15. The molecule has 0 spiro atoms. The van der Waals surface area contributed by atoms with Crippen LogP contribution >= 0.6 is 0 Å². The number of likely N-dealkylation sites (tertiary alicyclic amines) is 1. The van der Waals surface area contributed by atoms with Gasteiger partial charge in [0, 0.05) is 25.2 Å². The number of hydrogen-bond donors (Lipinski definition) is 2. The summed E-state index contributed by atoms with van der Waals surface area (Å²) in [4.78, 5) is 2.18. The van der Waals surface area contributed by atoms with Crippen LogP contribution in [0.5, 0.6) is 0 Å². The van der Waals surface area contributed by atoms with Crippen LogP contribution in [-0.2, 0) is 13.1 Å². The van der Waals surface area contributed by atoms with E-state index in [-0.39, 0.29) is 6.10 Å². The van der Waals surface area contributed by atoms with Crippen LogP contribution in [-0.4, -0.2) is 29.2 Å². The van der Waals surface area contributed by atoms with E-state index >= 15 is 0 Å². The summed E-state index contributed by atoms with van der Waals surface area (Å²) < 4.78 is 5.35. The van der Waals surface area contributed by atoms with Gasteiger partial charge in [-0.1, -0.05) is 0 Å². The number of hydrogen-bond acceptors (Lipinski definition) is 4. The van der Waals surface area contributed by atoms with E-state index in [9.17, 15) is 5.11 Å². The number of furan rings is 1. The number of nitrogens with two attached hydrogens (primary N) is 1. The van der Waals surface area contributed by atoms with E-state index in [1.54, 1.807) is 6.26 Å². The molecule has 1 aliphatic heterocycles. The Labute approximate surface area is 83.3 Å². The van der Waals surface area contributed by atoms with Crippen molar-refractivity contribution in [2.75, 3.05) is 13.1 Å². The maximum atomic E-state index is 9.34. The summed E-state index contributed by atoms with van der Waals surface area (Å²) in [7, 11) is 0. The Hall–Kier alpha value is -0.840. The lowest BCUT2D eigenvalue weighted by Crippen LogP contribution is -2.21. The lowest BCUT2D eigenvalue weighted by Gasteiger charge is -2.11. The smallest absolute Gasteiger partial charge is 0.118 e. The zero-order chi connectivity index (χ0) is 9.97. The minimum absolute atomic E-state index is 0.168. The van der Waals surface area contributed by atoms with Crippen molar-refractivity contribution in [1.82, 2.24) is 4.90 Å². The number of rotatable bonds is 3. The molecule has 2 rings (SSSR count). The Morgan fingerprint density at radius 3 is 3.07 bits per heavy atom. The van der Waals surface area contributed by atoms with Crippen molar-refractivity contribution in [3.8, 4) is 0 Å². The van der Waals surface area contributed by atoms with Crippen molar-refractivity contribution in [2.24, 2.45) is 5.73 Å². The van der Waals surface area contributed by atoms with Gasteiger partial charge in [0.15, 0.2) is 0 Å². The van der Waals surface area contributed by atoms with Gasteiger partial charge in [-0.3, -0.25) is 4.90 Å². The summed E-state index contributed by atoms with van der Waals surface area (Å²) in [5.41, 5.74) is 6.51. The molecule has 3 N–H and O–H groups in total. The number of β-amino-alcohol motifs (C(OH)–C–C–N with tert-alkyl or cyclic N) is 1. The average Bonchev–Trinajstić information content (AvgIpc) is 2.76. The second-order valence-corrected chi connectivity index (χ2v) is 3.80. The summed E-state index contributed by atoms with van der Waals surface area (Å²) in [6.07, 6.45) is 2.39. The molecule has 0 amide bonds. The van der Waals surface area contributed by atoms with Crippen LogP contribution in [0.4, 0.5) is 0 Å². The lowest BCUT2D eigenvalue weighted by atomic mass is 10.3. The molecule has 0 aromatic carbocycles. The van der Waals surface area contributed by atoms with Crippen molar-refractivity contribution < 1.29 is 9.52 Å². The van der Waals surface area contributed by atoms with E-state index in [0.717, 1.165) is 37.4 Å². The normalized spacial score (nSPS) is 23.1. The first kappa shape index (κ1) is 9.71. The van der Waals surface area contributed by atoms with Gasteiger partial charge < -0.3 is 15.3 Å². The molecular formula is C10H16N2O2. The largest absolute Gasteiger partial charge is 0.468 e. The van der Waals surface area contributed by atoms with E-state index in [1.807, 2.05) is 6.07 Å². The van der Waals surface area contributed by atoms with E-state index in [1.165, 1.54) is 0 Å². The molecule has 4 heteroatoms. The Kier molecular flexibility index (Phi) is 2.86. The SMILES string of the molecule is NCc1coc(CN2CCC(O)C2)c1. The molecule has 2 heterocycles. The predicted molar refractivity (Wildman–Crippen MR) is 52.5 cm³/mol. The highest BCUT2D eigenvalue weighted by atomic mass is 16.3. The fraction of sp³-hybridized carbons (Fsp3) is 0.600. The van der Waals surface area contributed by atoms with Gasteiger partial charge in [0.25, 0.3) is 0 Å². The van der Waals surface area contributed by atoms with E-state index in [2.05, 4.69) is 4.90 Å². The van der Waals surface area contributed by atoms with Gasteiger partial charge in [-0.05, 0) is 12.5 Å². The molecule has 1 aromatic heterocycles. The van der Waals surface area contributed by atoms with Gasteiger partial charge in [-0.15, -0.1) is 0 Å². The van der Waals surface area contributed by atoms with Gasteiger partial charge in [-0.25, -0.2) is 0 Å². The standard InChI is InChI=1S/C10H16N2O2/c11-4-8-3-10(14-7-8)6-12-2-1-9(13)5-12/h3,7,9,13H,1-2,4-6,11H2. The van der Waals surface area contributed by atoms with Crippen molar-refractivity contribution in [3.05, 3.63) is 23.7 Å². The first-order valence-corrected chi connectivity index (χ1v) is 4.94. The van der Waals surface area contributed by atoms with Crippen LogP contribution in [0.25, 0.3) is 0 Å². The predicted octanol–water partition coefficient (Wildman–Crippen LogP) is 0.305.